The van der Waals surface area contributed by atoms with Crippen LogP contribution in [0.1, 0.15) is 42.3 Å². The molecule has 0 spiro atoms. The van der Waals surface area contributed by atoms with Gasteiger partial charge in [-0.1, -0.05) is 44.2 Å². The molecule has 1 amide bonds. The van der Waals surface area contributed by atoms with Crippen molar-refractivity contribution >= 4 is 17.7 Å². The van der Waals surface area contributed by atoms with Crippen molar-refractivity contribution in [3.05, 3.63) is 53.6 Å². The number of benzene rings is 1. The predicted molar refractivity (Wildman–Crippen MR) is 123 cm³/mol. The van der Waals surface area contributed by atoms with Gasteiger partial charge in [-0.3, -0.25) is 9.59 Å². The highest BCUT2D eigenvalue weighted by Gasteiger charge is 2.60. The van der Waals surface area contributed by atoms with E-state index in [1.807, 2.05) is 30.3 Å². The van der Waals surface area contributed by atoms with Crippen LogP contribution in [0.15, 0.2) is 42.5 Å². The Hall–Kier alpha value is -3.13. The van der Waals surface area contributed by atoms with E-state index in [4.69, 9.17) is 4.74 Å². The van der Waals surface area contributed by atoms with Crippen molar-refractivity contribution in [2.75, 3.05) is 31.1 Å². The van der Waals surface area contributed by atoms with Gasteiger partial charge in [-0.25, -0.2) is 0 Å². The van der Waals surface area contributed by atoms with Gasteiger partial charge in [-0.15, -0.1) is 0 Å². The maximum atomic E-state index is 12.9. The summed E-state index contributed by atoms with van der Waals surface area (Å²) in [6, 6.07) is 12.6. The van der Waals surface area contributed by atoms with Gasteiger partial charge >= 0.3 is 5.97 Å². The number of hydrogen-bond donors (Lipinski definition) is 3. The van der Waals surface area contributed by atoms with E-state index in [2.05, 4.69) is 29.0 Å². The van der Waals surface area contributed by atoms with Crippen LogP contribution >= 0.6 is 0 Å². The van der Waals surface area contributed by atoms with Gasteiger partial charge < -0.3 is 25.2 Å². The van der Waals surface area contributed by atoms with Gasteiger partial charge in [-0.2, -0.15) is 4.98 Å². The third-order valence-corrected chi connectivity index (χ3v) is 6.47. The van der Waals surface area contributed by atoms with E-state index in [0.717, 1.165) is 12.0 Å². The zero-order chi connectivity index (χ0) is 23.5. The van der Waals surface area contributed by atoms with Gasteiger partial charge in [0, 0.05) is 19.6 Å². The highest BCUT2D eigenvalue weighted by atomic mass is 16.5. The molecule has 1 saturated carbocycles. The Balaban J connectivity index is 1.44. The molecule has 8 heteroatoms. The average molecular weight is 454 g/mol. The molecule has 4 atom stereocenters. The molecule has 1 unspecified atom stereocenters. The minimum atomic E-state index is -0.814. The number of anilines is 1. The van der Waals surface area contributed by atoms with Crippen LogP contribution in [-0.4, -0.2) is 53.3 Å². The van der Waals surface area contributed by atoms with E-state index in [1.165, 1.54) is 0 Å². The second kappa shape index (κ2) is 9.79. The molecular formula is C25H31N3O5. The Kier molecular flexibility index (Phi) is 6.83. The zero-order valence-corrected chi connectivity index (χ0v) is 19.0. The van der Waals surface area contributed by atoms with Gasteiger partial charge in [-0.05, 0) is 41.9 Å². The maximum Gasteiger partial charge on any atom is 0.307 e. The summed E-state index contributed by atoms with van der Waals surface area (Å²) in [5, 5.41) is 22.4. The molecule has 2 fully saturated rings. The first-order chi connectivity index (χ1) is 15.8. The SMILES string of the molecule is CC(C)CCOc1nc(N2C[C@@H]3C(C(=O)O)[C@@H]3C2)ccc1C(=O)NC[C@@H](O)c1ccccc1. The largest absolute Gasteiger partial charge is 0.481 e. The molecule has 1 aliphatic carbocycles. The van der Waals surface area contributed by atoms with Crippen molar-refractivity contribution in [1.29, 1.82) is 0 Å². The standard InChI is InChI=1S/C25H31N3O5/c1-15(2)10-11-33-24-17(23(30)26-12-20(29)16-6-4-3-5-7-16)8-9-21(27-24)28-13-18-19(14-28)22(18)25(31)32/h3-9,15,18-20,22,29H,10-14H2,1-2H3,(H,26,30)(H,31,32)/t18-,19+,20-,22?/m1/s1. The average Bonchev–Trinajstić information content (AvgIpc) is 3.32. The molecule has 3 N–H and O–H groups in total. The number of ether oxygens (including phenoxy) is 1. The van der Waals surface area contributed by atoms with Gasteiger partial charge in [0.25, 0.3) is 5.91 Å². The van der Waals surface area contributed by atoms with E-state index < -0.39 is 12.1 Å². The number of amides is 1. The molecule has 1 aromatic carbocycles. The number of aliphatic hydroxyl groups is 1. The second-order valence-electron chi connectivity index (χ2n) is 9.29. The zero-order valence-electron chi connectivity index (χ0n) is 19.0. The lowest BCUT2D eigenvalue weighted by atomic mass is 10.1. The Bertz CT molecular complexity index is 985. The molecule has 8 nitrogen and oxygen atoms in total. The van der Waals surface area contributed by atoms with E-state index in [-0.39, 0.29) is 36.1 Å². The first kappa shape index (κ1) is 23.0. The van der Waals surface area contributed by atoms with Gasteiger partial charge in [0.2, 0.25) is 5.88 Å². The molecule has 176 valence electrons. The molecule has 4 rings (SSSR count). The summed E-state index contributed by atoms with van der Waals surface area (Å²) in [5.74, 6) is 0.393. The first-order valence-electron chi connectivity index (χ1n) is 11.5. The van der Waals surface area contributed by atoms with E-state index in [1.54, 1.807) is 12.1 Å². The van der Waals surface area contributed by atoms with E-state index in [9.17, 15) is 19.8 Å². The van der Waals surface area contributed by atoms with Crippen molar-refractivity contribution in [2.24, 2.45) is 23.7 Å². The molecule has 1 aromatic heterocycles. The number of carbonyl (C=O) groups excluding carboxylic acids is 1. The van der Waals surface area contributed by atoms with Crippen molar-refractivity contribution in [1.82, 2.24) is 10.3 Å². The van der Waals surface area contributed by atoms with Crippen molar-refractivity contribution < 1.29 is 24.5 Å². The van der Waals surface area contributed by atoms with Crippen LogP contribution in [-0.2, 0) is 4.79 Å². The summed E-state index contributed by atoms with van der Waals surface area (Å²) in [4.78, 5) is 30.8. The van der Waals surface area contributed by atoms with Crippen molar-refractivity contribution in [2.45, 2.75) is 26.4 Å². The fourth-order valence-electron chi connectivity index (χ4n) is 4.44. The number of piperidine rings is 1. The number of carbonyl (C=O) groups is 2. The van der Waals surface area contributed by atoms with Crippen LogP contribution in [0.4, 0.5) is 5.82 Å². The summed E-state index contributed by atoms with van der Waals surface area (Å²) in [6.45, 7) is 6.00. The number of pyridine rings is 1. The van der Waals surface area contributed by atoms with Crippen LogP contribution in [0.3, 0.4) is 0 Å². The number of fused-ring (bicyclic) bond motifs is 1. The molecule has 0 radical (unpaired) electrons. The van der Waals surface area contributed by atoms with Crippen LogP contribution in [0.25, 0.3) is 0 Å². The fourth-order valence-corrected chi connectivity index (χ4v) is 4.44. The molecule has 0 bridgehead atoms. The number of carboxylic acids is 1. The third-order valence-electron chi connectivity index (χ3n) is 6.47. The Morgan fingerprint density at radius 1 is 1.15 bits per heavy atom. The minimum Gasteiger partial charge on any atom is -0.481 e. The lowest BCUT2D eigenvalue weighted by Gasteiger charge is -2.22. The Morgan fingerprint density at radius 3 is 2.48 bits per heavy atom. The predicted octanol–water partition coefficient (Wildman–Crippen LogP) is 2.74. The molecule has 1 aliphatic heterocycles. The van der Waals surface area contributed by atoms with E-state index in [0.29, 0.717) is 37.0 Å². The number of hydrogen-bond acceptors (Lipinski definition) is 6. The molecular weight excluding hydrogens is 422 g/mol. The highest BCUT2D eigenvalue weighted by molar-refractivity contribution is 5.96. The van der Waals surface area contributed by atoms with Crippen LogP contribution in [0.2, 0.25) is 0 Å². The number of aromatic nitrogens is 1. The Labute approximate surface area is 193 Å². The molecule has 1 saturated heterocycles. The number of aliphatic hydroxyl groups excluding tert-OH is 1. The monoisotopic (exact) mass is 453 g/mol. The number of aliphatic carboxylic acids is 1. The lowest BCUT2D eigenvalue weighted by Crippen LogP contribution is -2.30. The molecule has 2 aromatic rings. The second-order valence-corrected chi connectivity index (χ2v) is 9.29. The topological polar surface area (TPSA) is 112 Å². The van der Waals surface area contributed by atoms with Crippen LogP contribution < -0.4 is 15.0 Å². The first-order valence-corrected chi connectivity index (χ1v) is 11.5. The maximum absolute atomic E-state index is 12.9. The summed E-state index contributed by atoms with van der Waals surface area (Å²) in [5.41, 5.74) is 1.04. The highest BCUT2D eigenvalue weighted by Crippen LogP contribution is 2.52. The summed E-state index contributed by atoms with van der Waals surface area (Å²) >= 11 is 0. The molecule has 33 heavy (non-hydrogen) atoms. The number of nitrogens with one attached hydrogen (secondary N) is 1. The molecule has 2 aliphatic rings. The van der Waals surface area contributed by atoms with E-state index >= 15 is 0 Å². The van der Waals surface area contributed by atoms with Crippen molar-refractivity contribution in [3.63, 3.8) is 0 Å². The van der Waals surface area contributed by atoms with Crippen LogP contribution in [0.5, 0.6) is 5.88 Å². The van der Waals surface area contributed by atoms with Gasteiger partial charge in [0.15, 0.2) is 0 Å². The number of rotatable bonds is 10. The van der Waals surface area contributed by atoms with Gasteiger partial charge in [0.05, 0.1) is 18.6 Å². The van der Waals surface area contributed by atoms with Gasteiger partial charge in [0.1, 0.15) is 11.4 Å². The quantitative estimate of drug-likeness (QED) is 0.507. The molecule has 2 heterocycles. The fraction of sp³-hybridized carbons (Fsp3) is 0.480. The normalized spacial score (nSPS) is 22.1. The van der Waals surface area contributed by atoms with Crippen LogP contribution in [0, 0.1) is 23.7 Å². The third kappa shape index (κ3) is 5.27. The number of nitrogens with zero attached hydrogens (tertiary/aromatic N) is 2. The summed E-state index contributed by atoms with van der Waals surface area (Å²) in [6.07, 6.45) is 0.0135. The lowest BCUT2D eigenvalue weighted by molar-refractivity contribution is -0.139. The van der Waals surface area contributed by atoms with Crippen molar-refractivity contribution in [3.8, 4) is 5.88 Å². The smallest absolute Gasteiger partial charge is 0.307 e. The summed E-state index contributed by atoms with van der Waals surface area (Å²) in [7, 11) is 0. The minimum absolute atomic E-state index is 0.0715. The summed E-state index contributed by atoms with van der Waals surface area (Å²) < 4.78 is 5.90. The Morgan fingerprint density at radius 2 is 1.85 bits per heavy atom. The number of carboxylic acid groups (broad SMARTS) is 1.